The number of aliphatic hydroxyl groups is 1. The van der Waals surface area contributed by atoms with Gasteiger partial charge >= 0.3 is 5.97 Å². The van der Waals surface area contributed by atoms with E-state index < -0.39 is 22.2 Å². The van der Waals surface area contributed by atoms with Gasteiger partial charge in [-0.25, -0.2) is 4.79 Å². The Bertz CT molecular complexity index is 832. The molecule has 0 heterocycles. The number of ether oxygens (including phenoxy) is 2. The molecule has 1 aromatic rings. The number of carbonyl (C=O) groups excluding carboxylic acids is 1. The predicted octanol–water partition coefficient (Wildman–Crippen LogP) is 8.79. The first kappa shape index (κ1) is 30.6. The number of alkyl halides is 1. The van der Waals surface area contributed by atoms with Crippen LogP contribution in [0.2, 0.25) is 10.0 Å². The number of hydrogen-bond acceptors (Lipinski definition) is 5. The molecule has 0 saturated heterocycles. The van der Waals surface area contributed by atoms with E-state index in [1.807, 2.05) is 6.92 Å². The number of benzene rings is 1. The highest BCUT2D eigenvalue weighted by Gasteiger charge is 2.60. The molecular weight excluding hydrogens is 553 g/mol. The Hall–Kier alpha value is -0.660. The van der Waals surface area contributed by atoms with E-state index in [0.717, 1.165) is 38.5 Å². The molecule has 1 fully saturated rings. The Morgan fingerprint density at radius 2 is 1.66 bits per heavy atom. The van der Waals surface area contributed by atoms with Gasteiger partial charge in [-0.1, -0.05) is 94.8 Å². The van der Waals surface area contributed by atoms with E-state index in [1.165, 1.54) is 57.2 Å². The topological polar surface area (TPSA) is 79.6 Å². The lowest BCUT2D eigenvalue weighted by molar-refractivity contribution is -0.136. The Balaban J connectivity index is 1.98. The first-order valence-electron chi connectivity index (χ1n) is 12.9. The normalized spacial score (nSPS) is 17.0. The number of rotatable bonds is 18. The second-order valence-corrected chi connectivity index (χ2v) is 11.2. The molecule has 2 rings (SSSR count). The molecule has 0 aliphatic heterocycles. The Morgan fingerprint density at radius 1 is 1.09 bits per heavy atom. The third-order valence-electron chi connectivity index (χ3n) is 7.21. The molecular formula is C27H40BrCl2NO4. The number of halogens is 3. The maximum atomic E-state index is 12.9. The largest absolute Gasteiger partial charge is 0.462 e. The van der Waals surface area contributed by atoms with Gasteiger partial charge in [0.25, 0.3) is 0 Å². The number of esters is 1. The molecule has 198 valence electrons. The van der Waals surface area contributed by atoms with Crippen LogP contribution in [0, 0.1) is 10.8 Å². The molecule has 2 unspecified atom stereocenters. The van der Waals surface area contributed by atoms with E-state index in [-0.39, 0.29) is 15.6 Å². The van der Waals surface area contributed by atoms with Crippen molar-refractivity contribution in [2.24, 2.45) is 5.41 Å². The van der Waals surface area contributed by atoms with Gasteiger partial charge in [-0.3, -0.25) is 0 Å². The molecule has 0 aromatic heterocycles. The number of hydrogen-bond donors (Lipinski definition) is 2. The monoisotopic (exact) mass is 591 g/mol. The number of nitrogens with one attached hydrogen (secondary N) is 1. The zero-order valence-corrected chi connectivity index (χ0v) is 24.1. The molecule has 0 spiro atoms. The van der Waals surface area contributed by atoms with Crippen molar-refractivity contribution in [3.63, 3.8) is 0 Å². The van der Waals surface area contributed by atoms with Crippen LogP contribution in [-0.4, -0.2) is 29.1 Å². The smallest absolute Gasteiger partial charge is 0.339 e. The van der Waals surface area contributed by atoms with Gasteiger partial charge in [0.05, 0.1) is 17.2 Å². The van der Waals surface area contributed by atoms with Gasteiger partial charge in [0, 0.05) is 22.2 Å². The zero-order valence-electron chi connectivity index (χ0n) is 21.0. The highest BCUT2D eigenvalue weighted by Crippen LogP contribution is 2.63. The van der Waals surface area contributed by atoms with Gasteiger partial charge in [0.15, 0.2) is 0 Å². The zero-order chi connectivity index (χ0) is 25.9. The van der Waals surface area contributed by atoms with E-state index in [1.54, 1.807) is 6.07 Å². The van der Waals surface area contributed by atoms with Crippen molar-refractivity contribution in [1.29, 1.82) is 5.41 Å². The molecule has 1 aliphatic carbocycles. The minimum atomic E-state index is -1.30. The Kier molecular flexibility index (Phi) is 13.0. The van der Waals surface area contributed by atoms with Gasteiger partial charge in [-0.15, -0.1) is 0 Å². The summed E-state index contributed by atoms with van der Waals surface area (Å²) < 4.78 is 11.4. The van der Waals surface area contributed by atoms with Crippen LogP contribution in [0.5, 0.6) is 0 Å². The summed E-state index contributed by atoms with van der Waals surface area (Å²) >= 11 is 15.9. The summed E-state index contributed by atoms with van der Waals surface area (Å²) in [4.78, 5) is 12.9. The van der Waals surface area contributed by atoms with Gasteiger partial charge in [-0.05, 0) is 53.7 Å². The third-order valence-corrected chi connectivity index (χ3v) is 8.02. The molecule has 0 amide bonds. The van der Waals surface area contributed by atoms with Crippen LogP contribution >= 0.6 is 39.1 Å². The van der Waals surface area contributed by atoms with E-state index in [0.29, 0.717) is 12.2 Å². The molecule has 0 bridgehead atoms. The summed E-state index contributed by atoms with van der Waals surface area (Å²) in [6.45, 7) is 4.58. The lowest BCUT2D eigenvalue weighted by atomic mass is 9.76. The van der Waals surface area contributed by atoms with Crippen molar-refractivity contribution < 1.29 is 19.4 Å². The molecule has 5 nitrogen and oxygen atoms in total. The molecule has 2 atom stereocenters. The quantitative estimate of drug-likeness (QED) is 0.0586. The van der Waals surface area contributed by atoms with Gasteiger partial charge in [0.2, 0.25) is 5.20 Å². The highest BCUT2D eigenvalue weighted by atomic mass is 79.9. The Morgan fingerprint density at radius 3 is 2.14 bits per heavy atom. The fraction of sp³-hybridized carbons (Fsp3) is 0.704. The molecule has 1 aromatic carbocycles. The standard InChI is InChI=1S/C27H40BrCl2NO4/c1-3-5-6-7-8-9-10-11-12-13-16-34-24(32)20-17-21(23(30)18-22(20)29)27(19-31,35-25(28)33)26(4-2)14-15-26/h17-19,25,31,33H,3-16H2,1-2H3. The summed E-state index contributed by atoms with van der Waals surface area (Å²) in [6.07, 6.45) is 15.6. The van der Waals surface area contributed by atoms with Gasteiger partial charge in [-0.2, -0.15) is 0 Å². The van der Waals surface area contributed by atoms with Crippen LogP contribution in [0.4, 0.5) is 0 Å². The minimum absolute atomic E-state index is 0.184. The van der Waals surface area contributed by atoms with Crippen molar-refractivity contribution in [1.82, 2.24) is 0 Å². The predicted molar refractivity (Wildman–Crippen MR) is 147 cm³/mol. The fourth-order valence-electron chi connectivity index (χ4n) is 4.85. The summed E-state index contributed by atoms with van der Waals surface area (Å²) in [5.41, 5.74) is -1.07. The summed E-state index contributed by atoms with van der Waals surface area (Å²) in [5.74, 6) is -0.525. The van der Waals surface area contributed by atoms with Crippen LogP contribution in [0.25, 0.3) is 0 Å². The number of unbranched alkanes of at least 4 members (excludes halogenated alkanes) is 9. The van der Waals surface area contributed by atoms with Crippen LogP contribution in [0.15, 0.2) is 12.1 Å². The summed E-state index contributed by atoms with van der Waals surface area (Å²) in [7, 11) is 0. The minimum Gasteiger partial charge on any atom is -0.462 e. The average Bonchev–Trinajstić information content (AvgIpc) is 3.63. The maximum absolute atomic E-state index is 12.9. The number of carbonyl (C=O) groups is 1. The van der Waals surface area contributed by atoms with E-state index >= 15 is 0 Å². The van der Waals surface area contributed by atoms with Crippen molar-refractivity contribution in [3.8, 4) is 0 Å². The fourth-order valence-corrected chi connectivity index (χ4v) is 5.75. The Labute approximate surface area is 228 Å². The summed E-state index contributed by atoms with van der Waals surface area (Å²) in [6, 6.07) is 3.05. The van der Waals surface area contributed by atoms with E-state index in [4.69, 9.17) is 38.1 Å². The average molecular weight is 593 g/mol. The molecule has 8 heteroatoms. The highest BCUT2D eigenvalue weighted by molar-refractivity contribution is 9.09. The van der Waals surface area contributed by atoms with Crippen molar-refractivity contribution >= 4 is 51.3 Å². The molecule has 1 aliphatic rings. The third kappa shape index (κ3) is 8.16. The summed E-state index contributed by atoms with van der Waals surface area (Å²) in [5, 5.41) is 17.4. The lowest BCUT2D eigenvalue weighted by Gasteiger charge is -2.39. The second kappa shape index (κ2) is 14.9. The van der Waals surface area contributed by atoms with E-state index in [9.17, 15) is 9.90 Å². The molecule has 1 saturated carbocycles. The number of aliphatic hydroxyl groups excluding tert-OH is 1. The van der Waals surface area contributed by atoms with Gasteiger partial charge in [0.1, 0.15) is 5.60 Å². The van der Waals surface area contributed by atoms with Crippen molar-refractivity contribution in [2.45, 2.75) is 108 Å². The first-order valence-corrected chi connectivity index (χ1v) is 14.6. The first-order chi connectivity index (χ1) is 16.8. The van der Waals surface area contributed by atoms with E-state index in [2.05, 4.69) is 22.9 Å². The second-order valence-electron chi connectivity index (χ2n) is 9.55. The lowest BCUT2D eigenvalue weighted by Crippen LogP contribution is -2.43. The van der Waals surface area contributed by atoms with Crippen LogP contribution in [0.1, 0.15) is 113 Å². The molecule has 35 heavy (non-hydrogen) atoms. The SMILES string of the molecule is CCCCCCCCCCCCOC(=O)c1cc(C(C=N)(OC(O)Br)C2(CC)CC2)c(Cl)cc1Cl. The van der Waals surface area contributed by atoms with Crippen LogP contribution < -0.4 is 0 Å². The molecule has 0 radical (unpaired) electrons. The molecule has 2 N–H and O–H groups in total. The maximum Gasteiger partial charge on any atom is 0.339 e. The van der Waals surface area contributed by atoms with Crippen LogP contribution in [-0.2, 0) is 15.1 Å². The van der Waals surface area contributed by atoms with Crippen molar-refractivity contribution in [2.75, 3.05) is 6.61 Å². The van der Waals surface area contributed by atoms with Gasteiger partial charge < -0.3 is 20.0 Å². The van der Waals surface area contributed by atoms with Crippen molar-refractivity contribution in [3.05, 3.63) is 33.3 Å². The van der Waals surface area contributed by atoms with Crippen LogP contribution in [0.3, 0.4) is 0 Å².